The molecule has 0 aliphatic carbocycles. The van der Waals surface area contributed by atoms with Gasteiger partial charge in [-0.1, -0.05) is 6.08 Å². The van der Waals surface area contributed by atoms with Crippen LogP contribution >= 0.6 is 0 Å². The first-order valence-corrected chi connectivity index (χ1v) is 5.61. The van der Waals surface area contributed by atoms with Crippen LogP contribution in [0.15, 0.2) is 12.7 Å². The average molecular weight is 241 g/mol. The van der Waals surface area contributed by atoms with Crippen LogP contribution < -0.4 is 10.6 Å². The standard InChI is InChI=1S/C11H19N3O3/c1-3-4-13-7-10(15)14-5-6-17-8-9(14)11(16)12-2/h3,9,13H,1,4-8H2,2H3,(H,12,16). The van der Waals surface area contributed by atoms with Crippen molar-refractivity contribution < 1.29 is 14.3 Å². The number of rotatable bonds is 5. The minimum Gasteiger partial charge on any atom is -0.377 e. The lowest BCUT2D eigenvalue weighted by atomic mass is 10.2. The molecule has 0 spiro atoms. The molecule has 0 bridgehead atoms. The SMILES string of the molecule is C=CCNCC(=O)N1CCOCC1C(=O)NC. The van der Waals surface area contributed by atoms with Gasteiger partial charge in [0.2, 0.25) is 11.8 Å². The molecular formula is C11H19N3O3. The van der Waals surface area contributed by atoms with Gasteiger partial charge in [0, 0.05) is 20.1 Å². The molecule has 0 aromatic carbocycles. The summed E-state index contributed by atoms with van der Waals surface area (Å²) in [6.07, 6.45) is 1.68. The Labute approximate surface area is 101 Å². The zero-order chi connectivity index (χ0) is 12.7. The number of nitrogens with one attached hydrogen (secondary N) is 2. The fourth-order valence-electron chi connectivity index (χ4n) is 1.67. The molecule has 6 nitrogen and oxygen atoms in total. The van der Waals surface area contributed by atoms with Gasteiger partial charge in [-0.25, -0.2) is 0 Å². The highest BCUT2D eigenvalue weighted by atomic mass is 16.5. The summed E-state index contributed by atoms with van der Waals surface area (Å²) in [5, 5.41) is 5.47. The van der Waals surface area contributed by atoms with Gasteiger partial charge in [0.25, 0.3) is 0 Å². The second-order valence-electron chi connectivity index (χ2n) is 3.71. The Morgan fingerprint density at radius 2 is 2.35 bits per heavy atom. The highest BCUT2D eigenvalue weighted by Crippen LogP contribution is 2.07. The van der Waals surface area contributed by atoms with Crippen LogP contribution in [-0.2, 0) is 14.3 Å². The Morgan fingerprint density at radius 3 is 3.00 bits per heavy atom. The Balaban J connectivity index is 2.54. The minimum atomic E-state index is -0.521. The first-order chi connectivity index (χ1) is 8.20. The zero-order valence-corrected chi connectivity index (χ0v) is 10.1. The summed E-state index contributed by atoms with van der Waals surface area (Å²) < 4.78 is 5.22. The van der Waals surface area contributed by atoms with Gasteiger partial charge in [0.1, 0.15) is 6.04 Å². The van der Waals surface area contributed by atoms with Gasteiger partial charge in [-0.15, -0.1) is 6.58 Å². The van der Waals surface area contributed by atoms with E-state index in [1.807, 2.05) is 0 Å². The zero-order valence-electron chi connectivity index (χ0n) is 10.1. The van der Waals surface area contributed by atoms with Crippen molar-refractivity contribution in [1.82, 2.24) is 15.5 Å². The Hall–Kier alpha value is -1.40. The molecule has 0 aromatic rings. The molecule has 1 fully saturated rings. The molecule has 2 amide bonds. The molecular weight excluding hydrogens is 222 g/mol. The highest BCUT2D eigenvalue weighted by Gasteiger charge is 2.31. The molecule has 1 unspecified atom stereocenters. The Bertz CT molecular complexity index is 294. The van der Waals surface area contributed by atoms with Crippen LogP contribution in [0.5, 0.6) is 0 Å². The van der Waals surface area contributed by atoms with Crippen LogP contribution in [0.2, 0.25) is 0 Å². The fourth-order valence-corrected chi connectivity index (χ4v) is 1.67. The number of hydrogen-bond donors (Lipinski definition) is 2. The maximum Gasteiger partial charge on any atom is 0.244 e. The number of likely N-dealkylation sites (N-methyl/N-ethyl adjacent to an activating group) is 1. The lowest BCUT2D eigenvalue weighted by Gasteiger charge is -2.34. The van der Waals surface area contributed by atoms with E-state index >= 15 is 0 Å². The maximum absolute atomic E-state index is 11.9. The molecule has 17 heavy (non-hydrogen) atoms. The quantitative estimate of drug-likeness (QED) is 0.465. The van der Waals surface area contributed by atoms with E-state index < -0.39 is 6.04 Å². The summed E-state index contributed by atoms with van der Waals surface area (Å²) in [5.74, 6) is -0.287. The predicted molar refractivity (Wildman–Crippen MR) is 63.5 cm³/mol. The summed E-state index contributed by atoms with van der Waals surface area (Å²) in [6, 6.07) is -0.521. The second-order valence-corrected chi connectivity index (χ2v) is 3.71. The van der Waals surface area contributed by atoms with Gasteiger partial charge in [-0.3, -0.25) is 9.59 Å². The average Bonchev–Trinajstić information content (AvgIpc) is 2.38. The van der Waals surface area contributed by atoms with Crippen molar-refractivity contribution in [3.63, 3.8) is 0 Å². The number of morpholine rings is 1. The molecule has 1 rings (SSSR count). The van der Waals surface area contributed by atoms with Crippen molar-refractivity contribution in [1.29, 1.82) is 0 Å². The smallest absolute Gasteiger partial charge is 0.244 e. The molecule has 0 radical (unpaired) electrons. The van der Waals surface area contributed by atoms with Crippen LogP contribution in [0.25, 0.3) is 0 Å². The molecule has 0 aromatic heterocycles. The molecule has 1 atom stereocenters. The monoisotopic (exact) mass is 241 g/mol. The van der Waals surface area contributed by atoms with Crippen LogP contribution in [-0.4, -0.2) is 62.7 Å². The lowest BCUT2D eigenvalue weighted by Crippen LogP contribution is -2.57. The van der Waals surface area contributed by atoms with Crippen molar-refractivity contribution >= 4 is 11.8 Å². The number of carbonyl (C=O) groups excluding carboxylic acids is 2. The van der Waals surface area contributed by atoms with Crippen molar-refractivity contribution in [3.05, 3.63) is 12.7 Å². The van der Waals surface area contributed by atoms with E-state index in [0.717, 1.165) is 0 Å². The van der Waals surface area contributed by atoms with Gasteiger partial charge in [-0.2, -0.15) is 0 Å². The largest absolute Gasteiger partial charge is 0.377 e. The van der Waals surface area contributed by atoms with Crippen molar-refractivity contribution in [3.8, 4) is 0 Å². The number of ether oxygens (including phenoxy) is 1. The molecule has 6 heteroatoms. The Morgan fingerprint density at radius 1 is 1.59 bits per heavy atom. The third-order valence-electron chi connectivity index (χ3n) is 2.56. The molecule has 1 saturated heterocycles. The number of nitrogens with zero attached hydrogens (tertiary/aromatic N) is 1. The van der Waals surface area contributed by atoms with E-state index in [1.54, 1.807) is 18.0 Å². The predicted octanol–water partition coefficient (Wildman–Crippen LogP) is -1.26. The van der Waals surface area contributed by atoms with Gasteiger partial charge >= 0.3 is 0 Å². The van der Waals surface area contributed by atoms with Crippen molar-refractivity contribution in [2.75, 3.05) is 39.9 Å². The van der Waals surface area contributed by atoms with Gasteiger partial charge in [0.05, 0.1) is 19.8 Å². The summed E-state index contributed by atoms with van der Waals surface area (Å²) in [6.45, 7) is 5.51. The van der Waals surface area contributed by atoms with E-state index in [9.17, 15) is 9.59 Å². The van der Waals surface area contributed by atoms with E-state index in [1.165, 1.54) is 0 Å². The summed E-state index contributed by atoms with van der Waals surface area (Å²) in [7, 11) is 1.55. The van der Waals surface area contributed by atoms with Gasteiger partial charge < -0.3 is 20.3 Å². The fraction of sp³-hybridized carbons (Fsp3) is 0.636. The summed E-state index contributed by atoms with van der Waals surface area (Å²) in [4.78, 5) is 25.0. The van der Waals surface area contributed by atoms with E-state index in [0.29, 0.717) is 19.7 Å². The third-order valence-corrected chi connectivity index (χ3v) is 2.56. The molecule has 2 N–H and O–H groups in total. The molecule has 96 valence electrons. The van der Waals surface area contributed by atoms with Crippen molar-refractivity contribution in [2.24, 2.45) is 0 Å². The molecule has 1 heterocycles. The summed E-state index contributed by atoms with van der Waals surface area (Å²) in [5.41, 5.74) is 0. The normalized spacial score (nSPS) is 19.8. The third kappa shape index (κ3) is 3.83. The molecule has 1 aliphatic rings. The Kier molecular flexibility index (Phi) is 5.65. The number of carbonyl (C=O) groups is 2. The number of amides is 2. The van der Waals surface area contributed by atoms with Crippen LogP contribution in [0.1, 0.15) is 0 Å². The molecule has 0 saturated carbocycles. The first-order valence-electron chi connectivity index (χ1n) is 5.61. The molecule has 1 aliphatic heterocycles. The van der Waals surface area contributed by atoms with E-state index in [4.69, 9.17) is 4.74 Å². The van der Waals surface area contributed by atoms with Crippen LogP contribution in [0.3, 0.4) is 0 Å². The highest BCUT2D eigenvalue weighted by molar-refractivity contribution is 5.88. The lowest BCUT2D eigenvalue weighted by molar-refractivity contribution is -0.147. The second kappa shape index (κ2) is 7.03. The summed E-state index contributed by atoms with van der Waals surface area (Å²) >= 11 is 0. The first kappa shape index (κ1) is 13.7. The van der Waals surface area contributed by atoms with Crippen LogP contribution in [0.4, 0.5) is 0 Å². The van der Waals surface area contributed by atoms with Crippen LogP contribution in [0, 0.1) is 0 Å². The number of hydrogen-bond acceptors (Lipinski definition) is 4. The minimum absolute atomic E-state index is 0.0937. The van der Waals surface area contributed by atoms with Crippen molar-refractivity contribution in [2.45, 2.75) is 6.04 Å². The van der Waals surface area contributed by atoms with E-state index in [2.05, 4.69) is 17.2 Å². The maximum atomic E-state index is 11.9. The van der Waals surface area contributed by atoms with Gasteiger partial charge in [-0.05, 0) is 0 Å². The van der Waals surface area contributed by atoms with Gasteiger partial charge in [0.15, 0.2) is 0 Å². The topological polar surface area (TPSA) is 70.7 Å². The van der Waals surface area contributed by atoms with E-state index in [-0.39, 0.29) is 25.0 Å².